The SMILES string of the molecule is CN=C(NCc1ccc(N(C)C)cc1C)NCC(C)(C)NC(=O)OC(C)(C)C. The second kappa shape index (κ2) is 9.66. The van der Waals surface area contributed by atoms with E-state index in [2.05, 4.69) is 51.0 Å². The van der Waals surface area contributed by atoms with Crippen LogP contribution in [-0.2, 0) is 11.3 Å². The molecule has 28 heavy (non-hydrogen) atoms. The summed E-state index contributed by atoms with van der Waals surface area (Å²) in [6.07, 6.45) is -0.432. The number of nitrogens with one attached hydrogen (secondary N) is 3. The topological polar surface area (TPSA) is 78.0 Å². The van der Waals surface area contributed by atoms with E-state index in [1.807, 2.05) is 48.7 Å². The molecule has 3 N–H and O–H groups in total. The van der Waals surface area contributed by atoms with Gasteiger partial charge in [0.15, 0.2) is 5.96 Å². The summed E-state index contributed by atoms with van der Waals surface area (Å²) in [5, 5.41) is 9.46. The quantitative estimate of drug-likeness (QED) is 0.513. The fourth-order valence-corrected chi connectivity index (χ4v) is 2.48. The summed E-state index contributed by atoms with van der Waals surface area (Å²) in [5.41, 5.74) is 2.59. The van der Waals surface area contributed by atoms with Gasteiger partial charge in [0, 0.05) is 39.9 Å². The molecule has 0 spiro atoms. The van der Waals surface area contributed by atoms with Crippen molar-refractivity contribution in [3.63, 3.8) is 0 Å². The first kappa shape index (κ1) is 23.6. The van der Waals surface area contributed by atoms with Crippen LogP contribution in [0.5, 0.6) is 0 Å². The maximum atomic E-state index is 12.0. The molecular formula is C21H37N5O2. The van der Waals surface area contributed by atoms with Gasteiger partial charge in [0.05, 0.1) is 5.54 Å². The van der Waals surface area contributed by atoms with Gasteiger partial charge in [0.25, 0.3) is 0 Å². The van der Waals surface area contributed by atoms with Crippen molar-refractivity contribution >= 4 is 17.7 Å². The third kappa shape index (κ3) is 8.50. The zero-order chi connectivity index (χ0) is 21.5. The van der Waals surface area contributed by atoms with Crippen LogP contribution >= 0.6 is 0 Å². The molecule has 0 bridgehead atoms. The maximum absolute atomic E-state index is 12.0. The predicted octanol–water partition coefficient (Wildman–Crippen LogP) is 3.03. The van der Waals surface area contributed by atoms with E-state index in [0.29, 0.717) is 19.0 Å². The molecule has 0 fully saturated rings. The molecule has 1 rings (SSSR count). The van der Waals surface area contributed by atoms with Crippen LogP contribution < -0.4 is 20.9 Å². The lowest BCUT2D eigenvalue weighted by molar-refractivity contribution is 0.0474. The lowest BCUT2D eigenvalue weighted by atomic mass is 10.1. The average molecular weight is 392 g/mol. The highest BCUT2D eigenvalue weighted by molar-refractivity contribution is 5.80. The smallest absolute Gasteiger partial charge is 0.408 e. The van der Waals surface area contributed by atoms with Crippen molar-refractivity contribution in [2.75, 3.05) is 32.6 Å². The predicted molar refractivity (Wildman–Crippen MR) is 117 cm³/mol. The van der Waals surface area contributed by atoms with Crippen molar-refractivity contribution < 1.29 is 9.53 Å². The highest BCUT2D eigenvalue weighted by Gasteiger charge is 2.24. The summed E-state index contributed by atoms with van der Waals surface area (Å²) in [7, 11) is 5.79. The van der Waals surface area contributed by atoms with Crippen LogP contribution in [0.15, 0.2) is 23.2 Å². The van der Waals surface area contributed by atoms with Crippen LogP contribution in [0.2, 0.25) is 0 Å². The molecule has 7 nitrogen and oxygen atoms in total. The second-order valence-electron chi connectivity index (χ2n) is 8.80. The molecule has 0 heterocycles. The minimum atomic E-state index is -0.523. The normalized spacial score (nSPS) is 12.4. The average Bonchev–Trinajstić information content (AvgIpc) is 2.53. The number of carbonyl (C=O) groups is 1. The Morgan fingerprint density at radius 3 is 2.29 bits per heavy atom. The van der Waals surface area contributed by atoms with Crippen molar-refractivity contribution in [1.82, 2.24) is 16.0 Å². The fraction of sp³-hybridized carbons (Fsp3) is 0.619. The minimum absolute atomic E-state index is 0.432. The molecule has 1 amide bonds. The summed E-state index contributed by atoms with van der Waals surface area (Å²) in [5.74, 6) is 0.676. The van der Waals surface area contributed by atoms with Crippen molar-refractivity contribution in [1.29, 1.82) is 0 Å². The maximum Gasteiger partial charge on any atom is 0.408 e. The first-order chi connectivity index (χ1) is 12.8. The Balaban J connectivity index is 2.58. The lowest BCUT2D eigenvalue weighted by Gasteiger charge is -2.29. The summed E-state index contributed by atoms with van der Waals surface area (Å²) in [6, 6.07) is 6.40. The molecule has 158 valence electrons. The Labute approximate surface area is 169 Å². The van der Waals surface area contributed by atoms with E-state index in [0.717, 1.165) is 0 Å². The van der Waals surface area contributed by atoms with Crippen molar-refractivity contribution in [3.05, 3.63) is 29.3 Å². The van der Waals surface area contributed by atoms with E-state index in [9.17, 15) is 4.79 Å². The number of amides is 1. The van der Waals surface area contributed by atoms with Crippen LogP contribution in [0.1, 0.15) is 45.7 Å². The summed E-state index contributed by atoms with van der Waals surface area (Å²) in [6.45, 7) is 12.7. The number of hydrogen-bond donors (Lipinski definition) is 3. The van der Waals surface area contributed by atoms with Gasteiger partial charge in [-0.1, -0.05) is 6.07 Å². The number of ether oxygens (including phenoxy) is 1. The van der Waals surface area contributed by atoms with Gasteiger partial charge in [-0.3, -0.25) is 4.99 Å². The molecule has 0 atom stereocenters. The van der Waals surface area contributed by atoms with E-state index in [1.54, 1.807) is 7.05 Å². The number of carbonyl (C=O) groups excluding carboxylic acids is 1. The number of alkyl carbamates (subject to hydrolysis) is 1. The molecule has 0 aliphatic heterocycles. The van der Waals surface area contributed by atoms with Crippen molar-refractivity contribution in [2.24, 2.45) is 4.99 Å². The third-order valence-electron chi connectivity index (χ3n) is 4.05. The van der Waals surface area contributed by atoms with Crippen LogP contribution in [0.25, 0.3) is 0 Å². The summed E-state index contributed by atoms with van der Waals surface area (Å²) >= 11 is 0. The Hall–Kier alpha value is -2.44. The third-order valence-corrected chi connectivity index (χ3v) is 4.05. The summed E-state index contributed by atoms with van der Waals surface area (Å²) in [4.78, 5) is 18.4. The van der Waals surface area contributed by atoms with E-state index >= 15 is 0 Å². The number of rotatable bonds is 6. The number of anilines is 1. The monoisotopic (exact) mass is 391 g/mol. The molecular weight excluding hydrogens is 354 g/mol. The number of benzene rings is 1. The van der Waals surface area contributed by atoms with Crippen LogP contribution in [0, 0.1) is 6.92 Å². The van der Waals surface area contributed by atoms with E-state index in [-0.39, 0.29) is 0 Å². The second-order valence-corrected chi connectivity index (χ2v) is 8.80. The van der Waals surface area contributed by atoms with E-state index in [1.165, 1.54) is 16.8 Å². The molecule has 0 saturated carbocycles. The molecule has 0 radical (unpaired) electrons. The van der Waals surface area contributed by atoms with E-state index < -0.39 is 17.2 Å². The van der Waals surface area contributed by atoms with Crippen LogP contribution in [0.3, 0.4) is 0 Å². The highest BCUT2D eigenvalue weighted by atomic mass is 16.6. The van der Waals surface area contributed by atoms with Gasteiger partial charge in [-0.2, -0.15) is 0 Å². The number of aryl methyl sites for hydroxylation is 1. The van der Waals surface area contributed by atoms with Gasteiger partial charge in [-0.15, -0.1) is 0 Å². The standard InChI is InChI=1S/C21H37N5O2/c1-15-12-17(26(8)9)11-10-16(15)13-23-18(22-7)24-14-21(5,6)25-19(27)28-20(2,3)4/h10-12H,13-14H2,1-9H3,(H,25,27)(H2,22,23,24). The Bertz CT molecular complexity index is 691. The Morgan fingerprint density at radius 2 is 1.79 bits per heavy atom. The minimum Gasteiger partial charge on any atom is -0.444 e. The van der Waals surface area contributed by atoms with E-state index in [4.69, 9.17) is 4.74 Å². The Kier molecular flexibility index (Phi) is 8.14. The van der Waals surface area contributed by atoms with Gasteiger partial charge in [-0.25, -0.2) is 4.79 Å². The molecule has 0 unspecified atom stereocenters. The van der Waals surface area contributed by atoms with Gasteiger partial charge in [0.1, 0.15) is 5.60 Å². The largest absolute Gasteiger partial charge is 0.444 e. The van der Waals surface area contributed by atoms with Crippen LogP contribution in [-0.4, -0.2) is 50.9 Å². The molecule has 0 aliphatic carbocycles. The summed E-state index contributed by atoms with van der Waals surface area (Å²) < 4.78 is 5.32. The van der Waals surface area contributed by atoms with Crippen LogP contribution in [0.4, 0.5) is 10.5 Å². The molecule has 0 aliphatic rings. The zero-order valence-electron chi connectivity index (χ0n) is 18.9. The lowest BCUT2D eigenvalue weighted by Crippen LogP contribution is -2.54. The number of nitrogens with zero attached hydrogens (tertiary/aromatic N) is 2. The van der Waals surface area contributed by atoms with Gasteiger partial charge < -0.3 is 25.6 Å². The first-order valence-corrected chi connectivity index (χ1v) is 9.55. The Morgan fingerprint density at radius 1 is 1.14 bits per heavy atom. The molecule has 7 heteroatoms. The number of guanidine groups is 1. The number of hydrogen-bond acceptors (Lipinski definition) is 4. The molecule has 0 saturated heterocycles. The van der Waals surface area contributed by atoms with Crippen molar-refractivity contribution in [2.45, 2.75) is 59.2 Å². The van der Waals surface area contributed by atoms with Crippen molar-refractivity contribution in [3.8, 4) is 0 Å². The molecule has 1 aromatic carbocycles. The fourth-order valence-electron chi connectivity index (χ4n) is 2.48. The first-order valence-electron chi connectivity index (χ1n) is 9.55. The molecule has 0 aromatic heterocycles. The number of aliphatic imine (C=N–C) groups is 1. The molecule has 1 aromatic rings. The highest BCUT2D eigenvalue weighted by Crippen LogP contribution is 2.17. The van der Waals surface area contributed by atoms with Gasteiger partial charge >= 0.3 is 6.09 Å². The van der Waals surface area contributed by atoms with Gasteiger partial charge in [-0.05, 0) is 64.8 Å². The zero-order valence-corrected chi connectivity index (χ0v) is 18.9. The van der Waals surface area contributed by atoms with Gasteiger partial charge in [0.2, 0.25) is 0 Å².